The summed E-state index contributed by atoms with van der Waals surface area (Å²) < 4.78 is 0. The summed E-state index contributed by atoms with van der Waals surface area (Å²) in [5, 5.41) is 0.599. The third-order valence-electron chi connectivity index (χ3n) is 3.78. The van der Waals surface area contributed by atoms with E-state index in [4.69, 9.17) is 0 Å². The summed E-state index contributed by atoms with van der Waals surface area (Å²) >= 11 is 1.36. The molecule has 3 aromatic rings. The van der Waals surface area contributed by atoms with Gasteiger partial charge in [0.15, 0.2) is 11.0 Å². The summed E-state index contributed by atoms with van der Waals surface area (Å²) in [5.74, 6) is 0.490. The first kappa shape index (κ1) is 16.3. The summed E-state index contributed by atoms with van der Waals surface area (Å²) in [6, 6.07) is 24.9. The number of rotatable bonds is 3. The van der Waals surface area contributed by atoms with Crippen molar-refractivity contribution in [2.75, 3.05) is 4.90 Å². The average Bonchev–Trinajstić information content (AvgIpc) is 2.99. The van der Waals surface area contributed by atoms with Crippen LogP contribution in [0.15, 0.2) is 95.0 Å². The molecule has 0 aliphatic carbocycles. The van der Waals surface area contributed by atoms with Crippen molar-refractivity contribution in [1.82, 2.24) is 4.98 Å². The molecule has 0 atom stereocenters. The number of nitrogens with zero attached hydrogens (tertiary/aromatic N) is 3. The molecule has 1 aliphatic rings. The van der Waals surface area contributed by atoms with Gasteiger partial charge in [-0.3, -0.25) is 9.69 Å². The fraction of sp³-hybridized carbons (Fsp3) is 0. The average molecular weight is 357 g/mol. The highest BCUT2D eigenvalue weighted by molar-refractivity contribution is 8.19. The number of pyridine rings is 1. The highest BCUT2D eigenvalue weighted by Crippen LogP contribution is 2.36. The molecule has 2 heterocycles. The molecule has 0 spiro atoms. The predicted molar refractivity (Wildman–Crippen MR) is 107 cm³/mol. The number of anilines is 1. The number of aromatic nitrogens is 1. The summed E-state index contributed by atoms with van der Waals surface area (Å²) in [6.07, 6.45) is 3.58. The molecule has 126 valence electrons. The Kier molecular flexibility index (Phi) is 4.62. The number of para-hydroxylation sites is 1. The minimum atomic E-state index is -0.0836. The molecule has 4 nitrogen and oxygen atoms in total. The van der Waals surface area contributed by atoms with Gasteiger partial charge in [-0.15, -0.1) is 0 Å². The van der Waals surface area contributed by atoms with Gasteiger partial charge in [-0.1, -0.05) is 54.6 Å². The second kappa shape index (κ2) is 7.37. The normalized spacial score (nSPS) is 17.2. The van der Waals surface area contributed by atoms with Gasteiger partial charge in [-0.05, 0) is 47.7 Å². The lowest BCUT2D eigenvalue weighted by Crippen LogP contribution is -2.28. The molecular weight excluding hydrogens is 342 g/mol. The molecule has 0 bridgehead atoms. The minimum Gasteiger partial charge on any atom is -0.268 e. The number of amidine groups is 1. The zero-order valence-electron chi connectivity index (χ0n) is 13.8. The standard InChI is InChI=1S/C21H15N3OS/c25-20-18(15-16-9-3-1-4-10-16)26-21(23-19-13-7-8-14-22-19)24(20)17-11-5-2-6-12-17/h1-15H/b18-15+,23-21?. The van der Waals surface area contributed by atoms with E-state index in [9.17, 15) is 4.79 Å². The summed E-state index contributed by atoms with van der Waals surface area (Å²) in [5.41, 5.74) is 1.77. The molecule has 5 heteroatoms. The molecule has 2 aromatic carbocycles. The molecule has 0 radical (unpaired) electrons. The molecular formula is C21H15N3OS. The van der Waals surface area contributed by atoms with E-state index in [1.54, 1.807) is 11.1 Å². The van der Waals surface area contributed by atoms with Gasteiger partial charge in [0.25, 0.3) is 5.91 Å². The van der Waals surface area contributed by atoms with Crippen molar-refractivity contribution in [3.05, 3.63) is 95.5 Å². The Bertz CT molecular complexity index is 970. The van der Waals surface area contributed by atoms with E-state index in [1.807, 2.05) is 84.9 Å². The van der Waals surface area contributed by atoms with Gasteiger partial charge in [0.2, 0.25) is 0 Å². The van der Waals surface area contributed by atoms with Crippen LogP contribution in [0.3, 0.4) is 0 Å². The Morgan fingerprint density at radius 1 is 0.885 bits per heavy atom. The third kappa shape index (κ3) is 3.43. The van der Waals surface area contributed by atoms with Crippen molar-refractivity contribution in [2.45, 2.75) is 0 Å². The van der Waals surface area contributed by atoms with Crippen LogP contribution in [0.1, 0.15) is 5.56 Å². The molecule has 1 amide bonds. The lowest BCUT2D eigenvalue weighted by molar-refractivity contribution is -0.113. The number of benzene rings is 2. The van der Waals surface area contributed by atoms with E-state index in [0.29, 0.717) is 15.9 Å². The Morgan fingerprint density at radius 2 is 1.58 bits per heavy atom. The van der Waals surface area contributed by atoms with Crippen molar-refractivity contribution >= 4 is 40.4 Å². The summed E-state index contributed by atoms with van der Waals surface area (Å²) in [7, 11) is 0. The van der Waals surface area contributed by atoms with Gasteiger partial charge in [0, 0.05) is 6.20 Å². The van der Waals surface area contributed by atoms with Crippen LogP contribution in [0.5, 0.6) is 0 Å². The predicted octanol–water partition coefficient (Wildman–Crippen LogP) is 4.89. The first-order valence-electron chi connectivity index (χ1n) is 8.15. The van der Waals surface area contributed by atoms with Crippen LogP contribution in [-0.2, 0) is 4.79 Å². The van der Waals surface area contributed by atoms with Crippen LogP contribution < -0.4 is 4.90 Å². The van der Waals surface area contributed by atoms with Crippen LogP contribution in [0, 0.1) is 0 Å². The van der Waals surface area contributed by atoms with Gasteiger partial charge in [-0.2, -0.15) is 0 Å². The monoisotopic (exact) mass is 357 g/mol. The van der Waals surface area contributed by atoms with Crippen molar-refractivity contribution < 1.29 is 4.79 Å². The van der Waals surface area contributed by atoms with E-state index in [1.165, 1.54) is 11.8 Å². The highest BCUT2D eigenvalue weighted by Gasteiger charge is 2.34. The van der Waals surface area contributed by atoms with Crippen LogP contribution >= 0.6 is 11.8 Å². The second-order valence-corrected chi connectivity index (χ2v) is 6.59. The number of amides is 1. The van der Waals surface area contributed by atoms with E-state index in [-0.39, 0.29) is 5.91 Å². The molecule has 1 fully saturated rings. The lowest BCUT2D eigenvalue weighted by atomic mass is 10.2. The summed E-state index contributed by atoms with van der Waals surface area (Å²) in [6.45, 7) is 0. The maximum atomic E-state index is 13.0. The number of carbonyl (C=O) groups excluding carboxylic acids is 1. The van der Waals surface area contributed by atoms with Crippen molar-refractivity contribution in [3.63, 3.8) is 0 Å². The Morgan fingerprint density at radius 3 is 2.27 bits per heavy atom. The second-order valence-electron chi connectivity index (χ2n) is 5.58. The van der Waals surface area contributed by atoms with Gasteiger partial charge in [0.05, 0.1) is 10.6 Å². The molecule has 0 N–H and O–H groups in total. The Hall–Kier alpha value is -3.18. The molecule has 0 unspecified atom stereocenters. The number of carbonyl (C=O) groups is 1. The van der Waals surface area contributed by atoms with Crippen molar-refractivity contribution in [2.24, 2.45) is 4.99 Å². The van der Waals surface area contributed by atoms with E-state index < -0.39 is 0 Å². The lowest BCUT2D eigenvalue weighted by Gasteiger charge is -2.15. The van der Waals surface area contributed by atoms with E-state index in [2.05, 4.69) is 9.98 Å². The van der Waals surface area contributed by atoms with Crippen LogP contribution in [0.2, 0.25) is 0 Å². The first-order valence-corrected chi connectivity index (χ1v) is 8.97. The SMILES string of the molecule is O=C1/C(=C\c2ccccc2)SC(=Nc2ccccn2)N1c1ccccc1. The highest BCUT2D eigenvalue weighted by atomic mass is 32.2. The zero-order valence-corrected chi connectivity index (χ0v) is 14.6. The van der Waals surface area contributed by atoms with Gasteiger partial charge < -0.3 is 0 Å². The van der Waals surface area contributed by atoms with Crippen LogP contribution in [-0.4, -0.2) is 16.1 Å². The number of hydrogen-bond donors (Lipinski definition) is 0. The maximum absolute atomic E-state index is 13.0. The summed E-state index contributed by atoms with van der Waals surface area (Å²) in [4.78, 5) is 24.2. The quantitative estimate of drug-likeness (QED) is 0.627. The molecule has 1 aromatic heterocycles. The Balaban J connectivity index is 1.77. The van der Waals surface area contributed by atoms with E-state index >= 15 is 0 Å². The fourth-order valence-corrected chi connectivity index (χ4v) is 3.56. The Labute approximate surface area is 155 Å². The third-order valence-corrected chi connectivity index (χ3v) is 4.75. The molecule has 0 saturated carbocycles. The van der Waals surface area contributed by atoms with Crippen LogP contribution in [0.4, 0.5) is 11.5 Å². The largest absolute Gasteiger partial charge is 0.271 e. The van der Waals surface area contributed by atoms with E-state index in [0.717, 1.165) is 11.3 Å². The number of thioether (sulfide) groups is 1. The van der Waals surface area contributed by atoms with Crippen molar-refractivity contribution in [1.29, 1.82) is 0 Å². The van der Waals surface area contributed by atoms with Gasteiger partial charge in [-0.25, -0.2) is 9.98 Å². The smallest absolute Gasteiger partial charge is 0.268 e. The van der Waals surface area contributed by atoms with Gasteiger partial charge >= 0.3 is 0 Å². The molecule has 4 rings (SSSR count). The molecule has 26 heavy (non-hydrogen) atoms. The molecule has 1 saturated heterocycles. The van der Waals surface area contributed by atoms with Crippen molar-refractivity contribution in [3.8, 4) is 0 Å². The maximum Gasteiger partial charge on any atom is 0.271 e. The fourth-order valence-electron chi connectivity index (χ4n) is 2.57. The van der Waals surface area contributed by atoms with Crippen LogP contribution in [0.25, 0.3) is 6.08 Å². The number of hydrogen-bond acceptors (Lipinski definition) is 4. The topological polar surface area (TPSA) is 45.6 Å². The number of aliphatic imine (C=N–C) groups is 1. The zero-order chi connectivity index (χ0) is 17.8. The molecule has 1 aliphatic heterocycles. The first-order chi connectivity index (χ1) is 12.8. The van der Waals surface area contributed by atoms with Gasteiger partial charge in [0.1, 0.15) is 0 Å². The minimum absolute atomic E-state index is 0.0836.